The first-order valence-electron chi connectivity index (χ1n) is 5.67. The highest BCUT2D eigenvalue weighted by Gasteiger charge is 2.18. The van der Waals surface area contributed by atoms with Gasteiger partial charge >= 0.3 is 0 Å². The molecule has 0 fully saturated rings. The zero-order chi connectivity index (χ0) is 10.4. The topological polar surface area (TPSA) is 0 Å². The largest absolute Gasteiger partial charge is 0.0822 e. The maximum Gasteiger partial charge on any atom is -0.0180 e. The average Bonchev–Trinajstić information content (AvgIpc) is 2.11. The summed E-state index contributed by atoms with van der Waals surface area (Å²) in [6, 6.07) is 0. The molecule has 0 N–H and O–H groups in total. The van der Waals surface area contributed by atoms with Gasteiger partial charge in [-0.1, -0.05) is 52.2 Å². The number of hydrogen-bond donors (Lipinski definition) is 0. The summed E-state index contributed by atoms with van der Waals surface area (Å²) in [6.07, 6.45) is 5.04. The maximum atomic E-state index is 2.46. The highest BCUT2D eigenvalue weighted by molar-refractivity contribution is 5.00. The lowest BCUT2D eigenvalue weighted by atomic mass is 9.80. The van der Waals surface area contributed by atoms with Crippen LogP contribution in [-0.2, 0) is 0 Å². The van der Waals surface area contributed by atoms with E-state index in [1.807, 2.05) is 0 Å². The number of allylic oxidation sites excluding steroid dienone is 2. The smallest absolute Gasteiger partial charge is 0.0180 e. The summed E-state index contributed by atoms with van der Waals surface area (Å²) >= 11 is 0. The van der Waals surface area contributed by atoms with Gasteiger partial charge in [-0.15, -0.1) is 0 Å². The molecule has 0 saturated carbocycles. The van der Waals surface area contributed by atoms with Crippen molar-refractivity contribution in [1.82, 2.24) is 0 Å². The van der Waals surface area contributed by atoms with Gasteiger partial charge in [0, 0.05) is 0 Å². The van der Waals surface area contributed by atoms with Crippen molar-refractivity contribution < 1.29 is 0 Å². The molecule has 0 nitrogen and oxygen atoms in total. The SMILES string of the molecule is CCC(C)C(C=C(C)C)C(C)CC. The quantitative estimate of drug-likeness (QED) is 0.542. The maximum absolute atomic E-state index is 2.46. The molecule has 2 unspecified atom stereocenters. The van der Waals surface area contributed by atoms with Crippen LogP contribution in [0.1, 0.15) is 54.4 Å². The summed E-state index contributed by atoms with van der Waals surface area (Å²) in [6.45, 7) is 13.7. The van der Waals surface area contributed by atoms with Crippen molar-refractivity contribution in [2.75, 3.05) is 0 Å². The second-order valence-electron chi connectivity index (χ2n) is 4.59. The second-order valence-corrected chi connectivity index (χ2v) is 4.59. The van der Waals surface area contributed by atoms with Crippen LogP contribution in [0.5, 0.6) is 0 Å². The van der Waals surface area contributed by atoms with Gasteiger partial charge in [-0.25, -0.2) is 0 Å². The molecular formula is C13H26. The number of rotatable bonds is 5. The first kappa shape index (κ1) is 12.7. The van der Waals surface area contributed by atoms with E-state index in [-0.39, 0.29) is 0 Å². The molecule has 0 radical (unpaired) electrons. The third-order valence-electron chi connectivity index (χ3n) is 3.13. The zero-order valence-corrected chi connectivity index (χ0v) is 10.2. The van der Waals surface area contributed by atoms with Crippen molar-refractivity contribution in [3.05, 3.63) is 11.6 Å². The van der Waals surface area contributed by atoms with Crippen molar-refractivity contribution in [3.8, 4) is 0 Å². The minimum Gasteiger partial charge on any atom is -0.0822 e. The monoisotopic (exact) mass is 182 g/mol. The highest BCUT2D eigenvalue weighted by atomic mass is 14.2. The van der Waals surface area contributed by atoms with E-state index in [0.717, 1.165) is 17.8 Å². The molecule has 0 aromatic heterocycles. The summed E-state index contributed by atoms with van der Waals surface area (Å²) < 4.78 is 0. The van der Waals surface area contributed by atoms with Gasteiger partial charge in [0.1, 0.15) is 0 Å². The van der Waals surface area contributed by atoms with Gasteiger partial charge in [0.05, 0.1) is 0 Å². The van der Waals surface area contributed by atoms with E-state index in [1.54, 1.807) is 0 Å². The van der Waals surface area contributed by atoms with Crippen LogP contribution < -0.4 is 0 Å². The predicted molar refractivity (Wildman–Crippen MR) is 61.8 cm³/mol. The van der Waals surface area contributed by atoms with Crippen LogP contribution in [0.25, 0.3) is 0 Å². The van der Waals surface area contributed by atoms with Crippen LogP contribution in [0.2, 0.25) is 0 Å². The summed E-state index contributed by atoms with van der Waals surface area (Å²) in [5.41, 5.74) is 1.46. The molecule has 0 heterocycles. The summed E-state index contributed by atoms with van der Waals surface area (Å²) in [7, 11) is 0. The molecule has 0 rings (SSSR count). The molecular weight excluding hydrogens is 156 g/mol. The molecule has 0 aliphatic heterocycles. The van der Waals surface area contributed by atoms with E-state index in [4.69, 9.17) is 0 Å². The minimum atomic E-state index is 0.778. The van der Waals surface area contributed by atoms with E-state index >= 15 is 0 Å². The van der Waals surface area contributed by atoms with Gasteiger partial charge in [-0.3, -0.25) is 0 Å². The van der Waals surface area contributed by atoms with Crippen LogP contribution in [-0.4, -0.2) is 0 Å². The third kappa shape index (κ3) is 4.50. The zero-order valence-electron chi connectivity index (χ0n) is 10.2. The lowest BCUT2D eigenvalue weighted by Gasteiger charge is -2.26. The summed E-state index contributed by atoms with van der Waals surface area (Å²) in [5.74, 6) is 2.43. The van der Waals surface area contributed by atoms with Crippen molar-refractivity contribution in [3.63, 3.8) is 0 Å². The Morgan fingerprint density at radius 2 is 1.38 bits per heavy atom. The lowest BCUT2D eigenvalue weighted by Crippen LogP contribution is -2.17. The van der Waals surface area contributed by atoms with Gasteiger partial charge in [0.15, 0.2) is 0 Å². The normalized spacial score (nSPS) is 17.7. The molecule has 0 bridgehead atoms. The number of hydrogen-bond acceptors (Lipinski definition) is 0. The van der Waals surface area contributed by atoms with Crippen LogP contribution in [0.3, 0.4) is 0 Å². The van der Waals surface area contributed by atoms with Crippen LogP contribution >= 0.6 is 0 Å². The van der Waals surface area contributed by atoms with E-state index in [1.165, 1.54) is 18.4 Å². The van der Waals surface area contributed by atoms with E-state index in [0.29, 0.717) is 0 Å². The van der Waals surface area contributed by atoms with E-state index < -0.39 is 0 Å². The van der Waals surface area contributed by atoms with Gasteiger partial charge < -0.3 is 0 Å². The Hall–Kier alpha value is -0.260. The lowest BCUT2D eigenvalue weighted by molar-refractivity contribution is 0.299. The van der Waals surface area contributed by atoms with Gasteiger partial charge in [-0.05, 0) is 31.6 Å². The molecule has 78 valence electrons. The molecule has 2 atom stereocenters. The Labute approximate surface area is 84.4 Å². The molecule has 0 aliphatic carbocycles. The second kappa shape index (κ2) is 6.23. The fourth-order valence-electron chi connectivity index (χ4n) is 1.82. The van der Waals surface area contributed by atoms with E-state index in [2.05, 4.69) is 47.6 Å². The van der Waals surface area contributed by atoms with Gasteiger partial charge in [0.2, 0.25) is 0 Å². The Kier molecular flexibility index (Phi) is 6.11. The molecule has 0 heteroatoms. The molecule has 0 aromatic carbocycles. The Balaban J connectivity index is 4.45. The summed E-state index contributed by atoms with van der Waals surface area (Å²) in [5, 5.41) is 0. The van der Waals surface area contributed by atoms with E-state index in [9.17, 15) is 0 Å². The first-order valence-corrected chi connectivity index (χ1v) is 5.67. The van der Waals surface area contributed by atoms with Crippen molar-refractivity contribution >= 4 is 0 Å². The predicted octanol–water partition coefficient (Wildman–Crippen LogP) is 4.66. The minimum absolute atomic E-state index is 0.778. The third-order valence-corrected chi connectivity index (χ3v) is 3.13. The molecule has 13 heavy (non-hydrogen) atoms. The molecule has 0 aliphatic rings. The first-order chi connectivity index (χ1) is 6.02. The standard InChI is InChI=1S/C13H26/c1-7-11(5)13(9-10(3)4)12(6)8-2/h9,11-13H,7-8H2,1-6H3. The molecule has 0 amide bonds. The van der Waals surface area contributed by atoms with Crippen molar-refractivity contribution in [2.24, 2.45) is 17.8 Å². The van der Waals surface area contributed by atoms with Gasteiger partial charge in [0.25, 0.3) is 0 Å². The Morgan fingerprint density at radius 1 is 1.00 bits per heavy atom. The van der Waals surface area contributed by atoms with Crippen LogP contribution in [0.4, 0.5) is 0 Å². The molecule has 0 spiro atoms. The van der Waals surface area contributed by atoms with Crippen LogP contribution in [0, 0.1) is 17.8 Å². The fourth-order valence-corrected chi connectivity index (χ4v) is 1.82. The molecule has 0 aromatic rings. The van der Waals surface area contributed by atoms with Crippen LogP contribution in [0.15, 0.2) is 11.6 Å². The Bertz CT molecular complexity index is 141. The van der Waals surface area contributed by atoms with Crippen molar-refractivity contribution in [1.29, 1.82) is 0 Å². The van der Waals surface area contributed by atoms with Crippen molar-refractivity contribution in [2.45, 2.75) is 54.4 Å². The molecule has 0 saturated heterocycles. The highest BCUT2D eigenvalue weighted by Crippen LogP contribution is 2.28. The Morgan fingerprint density at radius 3 is 1.62 bits per heavy atom. The summed E-state index contributed by atoms with van der Waals surface area (Å²) in [4.78, 5) is 0. The average molecular weight is 182 g/mol. The van der Waals surface area contributed by atoms with Gasteiger partial charge in [-0.2, -0.15) is 0 Å². The fraction of sp³-hybridized carbons (Fsp3) is 0.846.